The lowest BCUT2D eigenvalue weighted by Crippen LogP contribution is -2.20. The predicted molar refractivity (Wildman–Crippen MR) is 106 cm³/mol. The van der Waals surface area contributed by atoms with Gasteiger partial charge >= 0.3 is 0 Å². The maximum atomic E-state index is 13.4. The topological polar surface area (TPSA) is 48.5 Å². The third-order valence-corrected chi connectivity index (χ3v) is 4.84. The molecule has 1 N–H and O–H groups in total. The molecule has 136 valence electrons. The molecule has 0 radical (unpaired) electrons. The summed E-state index contributed by atoms with van der Waals surface area (Å²) in [5, 5.41) is 6.71. The van der Waals surface area contributed by atoms with E-state index < -0.39 is 0 Å². The van der Waals surface area contributed by atoms with Crippen molar-refractivity contribution < 1.29 is 4.39 Å². The van der Waals surface area contributed by atoms with Gasteiger partial charge in [-0.25, -0.2) is 4.39 Å². The maximum absolute atomic E-state index is 13.4. The number of aryl methyl sites for hydroxylation is 2. The summed E-state index contributed by atoms with van der Waals surface area (Å²) < 4.78 is 13.4. The fraction of sp³-hybridized carbons (Fsp3) is 0.182. The first-order chi connectivity index (χ1) is 13.0. The Balaban J connectivity index is 1.81. The van der Waals surface area contributed by atoms with Crippen LogP contribution in [0.2, 0.25) is 0 Å². The van der Waals surface area contributed by atoms with Crippen molar-refractivity contribution in [1.82, 2.24) is 4.98 Å². The lowest BCUT2D eigenvalue weighted by atomic mass is 9.96. The molecule has 1 aromatic heterocycles. The van der Waals surface area contributed by atoms with Crippen LogP contribution in [0.4, 0.5) is 10.1 Å². The smallest absolute Gasteiger partial charge is 0.257 e. The van der Waals surface area contributed by atoms with Crippen molar-refractivity contribution in [3.05, 3.63) is 99.2 Å². The average molecular weight is 361 g/mol. The highest BCUT2D eigenvalue weighted by Crippen LogP contribution is 2.36. The van der Waals surface area contributed by atoms with Crippen LogP contribution in [-0.4, -0.2) is 10.7 Å². The second kappa shape index (κ2) is 6.83. The van der Waals surface area contributed by atoms with Gasteiger partial charge in [-0.3, -0.25) is 9.80 Å². The molecule has 4 rings (SSSR count). The molecule has 4 nitrogen and oxygen atoms in total. The minimum atomic E-state index is -0.269. The molecule has 1 aliphatic rings. The van der Waals surface area contributed by atoms with E-state index in [0.29, 0.717) is 12.0 Å². The molecule has 5 heteroatoms. The Labute approximate surface area is 157 Å². The third-order valence-electron chi connectivity index (χ3n) is 4.84. The van der Waals surface area contributed by atoms with Crippen LogP contribution in [-0.2, 0) is 0 Å². The van der Waals surface area contributed by atoms with Crippen molar-refractivity contribution in [3.8, 4) is 0 Å². The molecule has 0 aliphatic carbocycles. The van der Waals surface area contributed by atoms with E-state index in [4.69, 9.17) is 5.10 Å². The van der Waals surface area contributed by atoms with Crippen LogP contribution in [0.25, 0.3) is 0 Å². The molecule has 0 spiro atoms. The Morgan fingerprint density at radius 3 is 2.44 bits per heavy atom. The molecule has 0 saturated heterocycles. The largest absolute Gasteiger partial charge is 0.326 e. The molecule has 3 aromatic rings. The number of benzene rings is 2. The van der Waals surface area contributed by atoms with E-state index in [1.54, 1.807) is 12.1 Å². The Hall–Kier alpha value is -3.21. The highest BCUT2D eigenvalue weighted by molar-refractivity contribution is 6.04. The van der Waals surface area contributed by atoms with Gasteiger partial charge in [-0.1, -0.05) is 30.3 Å². The Morgan fingerprint density at radius 2 is 1.78 bits per heavy atom. The molecule has 2 heterocycles. The van der Waals surface area contributed by atoms with Crippen molar-refractivity contribution in [1.29, 1.82) is 0 Å². The van der Waals surface area contributed by atoms with Gasteiger partial charge in [-0.05, 0) is 55.3 Å². The molecule has 0 unspecified atom stereocenters. The van der Waals surface area contributed by atoms with Crippen molar-refractivity contribution in [2.75, 3.05) is 5.01 Å². The van der Waals surface area contributed by atoms with Crippen LogP contribution < -0.4 is 10.6 Å². The first-order valence-corrected chi connectivity index (χ1v) is 8.91. The van der Waals surface area contributed by atoms with Gasteiger partial charge < -0.3 is 4.98 Å². The minimum Gasteiger partial charge on any atom is -0.326 e. The quantitative estimate of drug-likeness (QED) is 0.747. The zero-order valence-electron chi connectivity index (χ0n) is 15.2. The van der Waals surface area contributed by atoms with Crippen molar-refractivity contribution >= 4 is 11.4 Å². The second-order valence-corrected chi connectivity index (χ2v) is 6.84. The van der Waals surface area contributed by atoms with E-state index in [1.165, 1.54) is 12.1 Å². The lowest BCUT2D eigenvalue weighted by molar-refractivity contribution is 0.624. The minimum absolute atomic E-state index is 0.0943. The normalized spacial score (nSPS) is 16.5. The van der Waals surface area contributed by atoms with Gasteiger partial charge in [0, 0.05) is 12.1 Å². The number of nitrogens with zero attached hydrogens (tertiary/aromatic N) is 2. The molecular formula is C22H20FN3O. The molecule has 1 atom stereocenters. The first-order valence-electron chi connectivity index (χ1n) is 8.91. The molecular weight excluding hydrogens is 341 g/mol. The Bertz CT molecular complexity index is 1060. The molecule has 0 saturated carbocycles. The number of hydrogen-bond acceptors (Lipinski definition) is 3. The van der Waals surface area contributed by atoms with Gasteiger partial charge in [0.1, 0.15) is 5.82 Å². The molecule has 2 aromatic carbocycles. The fourth-order valence-electron chi connectivity index (χ4n) is 3.64. The summed E-state index contributed by atoms with van der Waals surface area (Å²) in [5.41, 5.74) is 4.86. The third kappa shape index (κ3) is 3.28. The predicted octanol–water partition coefficient (Wildman–Crippen LogP) is 4.49. The van der Waals surface area contributed by atoms with Gasteiger partial charge in [0.15, 0.2) is 0 Å². The van der Waals surface area contributed by atoms with Crippen molar-refractivity contribution in [3.63, 3.8) is 0 Å². The fourth-order valence-corrected chi connectivity index (χ4v) is 3.64. The summed E-state index contributed by atoms with van der Waals surface area (Å²) in [5.74, 6) is -0.269. The number of pyridine rings is 1. The molecule has 0 bridgehead atoms. The summed E-state index contributed by atoms with van der Waals surface area (Å²) in [6.07, 6.45) is 0.577. The van der Waals surface area contributed by atoms with E-state index in [-0.39, 0.29) is 17.4 Å². The lowest BCUT2D eigenvalue weighted by Gasteiger charge is -2.23. The van der Waals surface area contributed by atoms with Crippen LogP contribution in [0, 0.1) is 19.7 Å². The zero-order valence-corrected chi connectivity index (χ0v) is 15.2. The van der Waals surface area contributed by atoms with E-state index >= 15 is 0 Å². The maximum Gasteiger partial charge on any atom is 0.257 e. The molecule has 1 aliphatic heterocycles. The number of aromatic nitrogens is 1. The van der Waals surface area contributed by atoms with E-state index in [2.05, 4.69) is 4.98 Å². The van der Waals surface area contributed by atoms with Crippen LogP contribution in [0.15, 0.2) is 70.6 Å². The Morgan fingerprint density at radius 1 is 1.07 bits per heavy atom. The van der Waals surface area contributed by atoms with E-state index in [0.717, 1.165) is 28.2 Å². The number of nitrogens with one attached hydrogen (secondary N) is 1. The van der Waals surface area contributed by atoms with Crippen molar-refractivity contribution in [2.45, 2.75) is 26.3 Å². The van der Waals surface area contributed by atoms with E-state index in [9.17, 15) is 9.18 Å². The SMILES string of the molecule is Cc1cc(C)c(C2=NN(c3ccccc3)[C@@H](c3ccc(F)cc3)C2)c(=O)[nH]1. The second-order valence-electron chi connectivity index (χ2n) is 6.84. The number of aromatic amines is 1. The Kier molecular flexibility index (Phi) is 4.36. The van der Waals surface area contributed by atoms with Crippen LogP contribution in [0.3, 0.4) is 0 Å². The highest BCUT2D eigenvalue weighted by atomic mass is 19.1. The number of para-hydroxylation sites is 1. The summed E-state index contributed by atoms with van der Waals surface area (Å²) >= 11 is 0. The number of hydrazone groups is 1. The summed E-state index contributed by atoms with van der Waals surface area (Å²) in [6, 6.07) is 18.2. The first kappa shape index (κ1) is 17.2. The standard InChI is InChI=1S/C22H20FN3O/c1-14-12-15(2)24-22(27)21(14)19-13-20(16-8-10-17(23)11-9-16)26(25-19)18-6-4-3-5-7-18/h3-12,20H,13H2,1-2H3,(H,24,27)/t20-/m1/s1. The number of halogens is 1. The zero-order chi connectivity index (χ0) is 19.0. The monoisotopic (exact) mass is 361 g/mol. The van der Waals surface area contributed by atoms with Gasteiger partial charge in [0.05, 0.1) is 23.0 Å². The number of hydrogen-bond donors (Lipinski definition) is 1. The summed E-state index contributed by atoms with van der Waals surface area (Å²) in [6.45, 7) is 3.80. The summed E-state index contributed by atoms with van der Waals surface area (Å²) in [7, 11) is 0. The average Bonchev–Trinajstić information content (AvgIpc) is 3.07. The molecule has 0 fully saturated rings. The van der Waals surface area contributed by atoms with Crippen LogP contribution in [0.1, 0.15) is 34.8 Å². The molecule has 27 heavy (non-hydrogen) atoms. The van der Waals surface area contributed by atoms with Gasteiger partial charge in [-0.2, -0.15) is 5.10 Å². The molecule has 0 amide bonds. The van der Waals surface area contributed by atoms with Crippen LogP contribution >= 0.6 is 0 Å². The number of rotatable bonds is 3. The van der Waals surface area contributed by atoms with Crippen molar-refractivity contribution in [2.24, 2.45) is 5.10 Å². The van der Waals surface area contributed by atoms with Gasteiger partial charge in [0.25, 0.3) is 5.56 Å². The highest BCUT2D eigenvalue weighted by Gasteiger charge is 2.31. The summed E-state index contributed by atoms with van der Waals surface area (Å²) in [4.78, 5) is 15.4. The number of H-pyrrole nitrogens is 1. The van der Waals surface area contributed by atoms with Crippen LogP contribution in [0.5, 0.6) is 0 Å². The van der Waals surface area contributed by atoms with E-state index in [1.807, 2.05) is 55.3 Å². The van der Waals surface area contributed by atoms with Gasteiger partial charge in [-0.15, -0.1) is 0 Å². The number of anilines is 1. The van der Waals surface area contributed by atoms with Gasteiger partial charge in [0.2, 0.25) is 0 Å².